The Kier molecular flexibility index (Phi) is 4.93. The first kappa shape index (κ1) is 16.6. The summed E-state index contributed by atoms with van der Waals surface area (Å²) in [5.74, 6) is 0. The van der Waals surface area contributed by atoms with Gasteiger partial charge in [-0.05, 0) is 49.1 Å². The van der Waals surface area contributed by atoms with Crippen molar-refractivity contribution in [1.82, 2.24) is 0 Å². The lowest BCUT2D eigenvalue weighted by Crippen LogP contribution is -2.24. The Balaban J connectivity index is 1.97. The topological polar surface area (TPSA) is 3.24 Å². The summed E-state index contributed by atoms with van der Waals surface area (Å²) in [5.41, 5.74) is 2.29. The highest BCUT2D eigenvalue weighted by Gasteiger charge is 2.30. The number of anilines is 1. The molecule has 0 spiro atoms. The van der Waals surface area contributed by atoms with Gasteiger partial charge in [-0.2, -0.15) is 13.2 Å². The van der Waals surface area contributed by atoms with Gasteiger partial charge >= 0.3 is 6.18 Å². The van der Waals surface area contributed by atoms with Gasteiger partial charge in [0.05, 0.1) is 5.56 Å². The standard InChI is InChI=1S/C20H20F3N/c21-20(22,23)17-13-11-16(12-14-17)19-10-6-1-2-7-15-24(19)18-8-4-3-5-9-18/h3-5,8-14H,1-2,6-7,15H2. The van der Waals surface area contributed by atoms with E-state index >= 15 is 0 Å². The van der Waals surface area contributed by atoms with Crippen molar-refractivity contribution in [2.45, 2.75) is 31.9 Å². The minimum atomic E-state index is -4.30. The molecule has 0 amide bonds. The van der Waals surface area contributed by atoms with Crippen LogP contribution in [0.1, 0.15) is 36.8 Å². The zero-order valence-corrected chi connectivity index (χ0v) is 13.4. The van der Waals surface area contributed by atoms with Crippen LogP contribution in [0, 0.1) is 0 Å². The van der Waals surface area contributed by atoms with Crippen LogP contribution in [0.25, 0.3) is 5.70 Å². The molecule has 0 saturated heterocycles. The quantitative estimate of drug-likeness (QED) is 0.640. The van der Waals surface area contributed by atoms with Crippen molar-refractivity contribution >= 4 is 11.4 Å². The molecule has 0 atom stereocenters. The molecule has 1 nitrogen and oxygen atoms in total. The Hall–Kier alpha value is -2.23. The van der Waals surface area contributed by atoms with E-state index in [1.165, 1.54) is 6.42 Å². The van der Waals surface area contributed by atoms with Crippen molar-refractivity contribution in [3.05, 3.63) is 71.8 Å². The van der Waals surface area contributed by atoms with Crippen molar-refractivity contribution in [1.29, 1.82) is 0 Å². The second kappa shape index (κ2) is 7.12. The maximum absolute atomic E-state index is 12.8. The molecule has 0 aromatic heterocycles. The van der Waals surface area contributed by atoms with Crippen LogP contribution in [0.5, 0.6) is 0 Å². The fourth-order valence-electron chi connectivity index (χ4n) is 3.04. The average Bonchev–Trinajstić information content (AvgIpc) is 2.55. The molecular formula is C20H20F3N. The van der Waals surface area contributed by atoms with E-state index in [9.17, 15) is 13.2 Å². The molecule has 1 aliphatic heterocycles. The van der Waals surface area contributed by atoms with E-state index in [1.807, 2.05) is 30.3 Å². The zero-order chi connectivity index (χ0) is 17.0. The van der Waals surface area contributed by atoms with Gasteiger partial charge in [-0.15, -0.1) is 0 Å². The van der Waals surface area contributed by atoms with Crippen molar-refractivity contribution < 1.29 is 13.2 Å². The summed E-state index contributed by atoms with van der Waals surface area (Å²) >= 11 is 0. The van der Waals surface area contributed by atoms with Crippen LogP contribution in [0.15, 0.2) is 60.7 Å². The number of benzene rings is 2. The number of para-hydroxylation sites is 1. The predicted molar refractivity (Wildman–Crippen MR) is 91.7 cm³/mol. The third-order valence-electron chi connectivity index (χ3n) is 4.29. The SMILES string of the molecule is FC(F)(F)c1ccc(C2=CCCCCCN2c2ccccc2)cc1. The lowest BCUT2D eigenvalue weighted by Gasteiger charge is -2.29. The first-order valence-electron chi connectivity index (χ1n) is 8.26. The molecule has 0 unspecified atom stereocenters. The van der Waals surface area contributed by atoms with Gasteiger partial charge in [0.25, 0.3) is 0 Å². The highest BCUT2D eigenvalue weighted by Crippen LogP contribution is 2.33. The minimum absolute atomic E-state index is 0.607. The fraction of sp³-hybridized carbons (Fsp3) is 0.300. The van der Waals surface area contributed by atoms with E-state index in [4.69, 9.17) is 0 Å². The number of rotatable bonds is 2. The van der Waals surface area contributed by atoms with E-state index in [2.05, 4.69) is 11.0 Å². The molecule has 1 heterocycles. The average molecular weight is 331 g/mol. The zero-order valence-electron chi connectivity index (χ0n) is 13.4. The van der Waals surface area contributed by atoms with E-state index in [0.717, 1.165) is 54.9 Å². The monoisotopic (exact) mass is 331 g/mol. The molecule has 0 bridgehead atoms. The third-order valence-corrected chi connectivity index (χ3v) is 4.29. The smallest absolute Gasteiger partial charge is 0.341 e. The molecule has 3 rings (SSSR count). The number of nitrogens with zero attached hydrogens (tertiary/aromatic N) is 1. The molecule has 0 N–H and O–H groups in total. The van der Waals surface area contributed by atoms with Gasteiger partial charge in [-0.25, -0.2) is 0 Å². The van der Waals surface area contributed by atoms with Gasteiger partial charge in [-0.3, -0.25) is 0 Å². The molecule has 24 heavy (non-hydrogen) atoms. The number of hydrogen-bond acceptors (Lipinski definition) is 1. The van der Waals surface area contributed by atoms with Gasteiger partial charge in [0.2, 0.25) is 0 Å². The summed E-state index contributed by atoms with van der Waals surface area (Å²) in [6.07, 6.45) is 2.15. The lowest BCUT2D eigenvalue weighted by atomic mass is 10.0. The normalized spacial score (nSPS) is 16.3. The lowest BCUT2D eigenvalue weighted by molar-refractivity contribution is -0.137. The summed E-state index contributed by atoms with van der Waals surface area (Å²) in [4.78, 5) is 2.21. The van der Waals surface area contributed by atoms with Crippen LogP contribution in [-0.4, -0.2) is 6.54 Å². The second-order valence-electron chi connectivity index (χ2n) is 6.00. The third kappa shape index (κ3) is 3.81. The predicted octanol–water partition coefficient (Wildman–Crippen LogP) is 6.13. The molecule has 2 aromatic rings. The Labute approximate surface area is 140 Å². The van der Waals surface area contributed by atoms with Crippen LogP contribution in [0.3, 0.4) is 0 Å². The number of halogens is 3. The number of allylic oxidation sites excluding steroid dienone is 1. The summed E-state index contributed by atoms with van der Waals surface area (Å²) < 4.78 is 38.4. The largest absolute Gasteiger partial charge is 0.416 e. The van der Waals surface area contributed by atoms with Crippen molar-refractivity contribution in [2.24, 2.45) is 0 Å². The molecule has 126 valence electrons. The van der Waals surface area contributed by atoms with E-state index in [1.54, 1.807) is 12.1 Å². The van der Waals surface area contributed by atoms with Gasteiger partial charge in [-0.1, -0.05) is 42.8 Å². The van der Waals surface area contributed by atoms with Gasteiger partial charge in [0.1, 0.15) is 0 Å². The van der Waals surface area contributed by atoms with Gasteiger partial charge in [0, 0.05) is 17.9 Å². The number of hydrogen-bond donors (Lipinski definition) is 0. The van der Waals surface area contributed by atoms with Crippen LogP contribution < -0.4 is 4.90 Å². The van der Waals surface area contributed by atoms with E-state index in [0.29, 0.717) is 0 Å². The Bertz CT molecular complexity index is 687. The van der Waals surface area contributed by atoms with Crippen molar-refractivity contribution in [3.63, 3.8) is 0 Å². The molecular weight excluding hydrogens is 311 g/mol. The highest BCUT2D eigenvalue weighted by molar-refractivity contribution is 5.79. The highest BCUT2D eigenvalue weighted by atomic mass is 19.4. The summed E-state index contributed by atoms with van der Waals surface area (Å²) in [6, 6.07) is 15.5. The Morgan fingerprint density at radius 1 is 0.792 bits per heavy atom. The molecule has 1 aliphatic rings. The molecule has 0 radical (unpaired) electrons. The van der Waals surface area contributed by atoms with E-state index < -0.39 is 11.7 Å². The molecule has 4 heteroatoms. The van der Waals surface area contributed by atoms with Crippen LogP contribution >= 0.6 is 0 Å². The summed E-state index contributed by atoms with van der Waals surface area (Å²) in [7, 11) is 0. The summed E-state index contributed by atoms with van der Waals surface area (Å²) in [6.45, 7) is 0.872. The van der Waals surface area contributed by atoms with Crippen LogP contribution in [0.2, 0.25) is 0 Å². The fourth-order valence-corrected chi connectivity index (χ4v) is 3.04. The molecule has 0 saturated carbocycles. The maximum atomic E-state index is 12.8. The van der Waals surface area contributed by atoms with Gasteiger partial charge in [0.15, 0.2) is 0 Å². The van der Waals surface area contributed by atoms with Crippen molar-refractivity contribution in [2.75, 3.05) is 11.4 Å². The first-order chi connectivity index (χ1) is 11.6. The summed E-state index contributed by atoms with van der Waals surface area (Å²) in [5, 5.41) is 0. The first-order valence-corrected chi connectivity index (χ1v) is 8.26. The van der Waals surface area contributed by atoms with Gasteiger partial charge < -0.3 is 4.90 Å². The Morgan fingerprint density at radius 3 is 2.17 bits per heavy atom. The Morgan fingerprint density at radius 2 is 1.50 bits per heavy atom. The maximum Gasteiger partial charge on any atom is 0.416 e. The minimum Gasteiger partial charge on any atom is -0.341 e. The molecule has 0 fully saturated rings. The van der Waals surface area contributed by atoms with Crippen molar-refractivity contribution in [3.8, 4) is 0 Å². The molecule has 2 aromatic carbocycles. The molecule has 0 aliphatic carbocycles. The van der Waals surface area contributed by atoms with Crippen LogP contribution in [-0.2, 0) is 6.18 Å². The van der Waals surface area contributed by atoms with E-state index in [-0.39, 0.29) is 0 Å². The second-order valence-corrected chi connectivity index (χ2v) is 6.00. The van der Waals surface area contributed by atoms with Crippen LogP contribution in [0.4, 0.5) is 18.9 Å². The number of alkyl halides is 3.